The summed E-state index contributed by atoms with van der Waals surface area (Å²) in [5.41, 5.74) is 8.53. The molecular formula is C11H14N4O2. The fourth-order valence-electron chi connectivity index (χ4n) is 1.39. The lowest BCUT2D eigenvalue weighted by atomic mass is 10.2. The van der Waals surface area contributed by atoms with Crippen LogP contribution in [0, 0.1) is 0 Å². The lowest BCUT2D eigenvalue weighted by Gasteiger charge is -2.12. The summed E-state index contributed by atoms with van der Waals surface area (Å²) in [7, 11) is 0. The minimum absolute atomic E-state index is 0.0961. The number of rotatable bonds is 5. The molecule has 0 heterocycles. The Labute approximate surface area is 98.9 Å². The highest BCUT2D eigenvalue weighted by Gasteiger charge is 2.14. The highest BCUT2D eigenvalue weighted by molar-refractivity contribution is 5.96. The highest BCUT2D eigenvalue weighted by Crippen LogP contribution is 2.15. The number of hydrogen-bond acceptors (Lipinski definition) is 3. The highest BCUT2D eigenvalue weighted by atomic mass is 16.3. The first-order chi connectivity index (χ1) is 8.19. The van der Waals surface area contributed by atoms with Crippen LogP contribution in [0.15, 0.2) is 29.4 Å². The van der Waals surface area contributed by atoms with Crippen LogP contribution in [0.25, 0.3) is 10.4 Å². The van der Waals surface area contributed by atoms with Gasteiger partial charge in [0.15, 0.2) is 0 Å². The zero-order valence-electron chi connectivity index (χ0n) is 9.50. The number of nitrogens with zero attached hydrogens (tertiary/aromatic N) is 3. The summed E-state index contributed by atoms with van der Waals surface area (Å²) in [6.07, 6.45) is 0.755. The van der Waals surface area contributed by atoms with Gasteiger partial charge in [-0.1, -0.05) is 30.6 Å². The van der Waals surface area contributed by atoms with Crippen LogP contribution in [-0.2, 0) is 0 Å². The van der Waals surface area contributed by atoms with Gasteiger partial charge >= 0.3 is 0 Å². The summed E-state index contributed by atoms with van der Waals surface area (Å²) < 4.78 is 0. The molecule has 90 valence electrons. The summed E-state index contributed by atoms with van der Waals surface area (Å²) in [6, 6.07) is 6.21. The molecule has 0 radical (unpaired) electrons. The van der Waals surface area contributed by atoms with Gasteiger partial charge in [0.05, 0.1) is 5.56 Å². The van der Waals surface area contributed by atoms with Crippen molar-refractivity contribution in [1.29, 1.82) is 0 Å². The number of azide groups is 1. The first-order valence-electron chi connectivity index (χ1n) is 5.32. The molecule has 17 heavy (non-hydrogen) atoms. The topological polar surface area (TPSA) is 98.1 Å². The molecule has 0 saturated carbocycles. The molecule has 6 nitrogen and oxygen atoms in total. The fraction of sp³-hybridized carbons (Fsp3) is 0.364. The third-order valence-corrected chi connectivity index (χ3v) is 2.20. The Kier molecular flexibility index (Phi) is 4.84. The number of benzene rings is 1. The molecule has 0 fully saturated rings. The van der Waals surface area contributed by atoms with E-state index in [1.54, 1.807) is 12.1 Å². The molecule has 0 saturated heterocycles. The Morgan fingerprint density at radius 2 is 2.29 bits per heavy atom. The molecule has 6 heteroatoms. The number of hydrogen-bond donors (Lipinski definition) is 2. The lowest BCUT2D eigenvalue weighted by Crippen LogP contribution is -2.33. The molecule has 0 aliphatic heterocycles. The van der Waals surface area contributed by atoms with Gasteiger partial charge < -0.3 is 10.4 Å². The number of para-hydroxylation sites is 1. The van der Waals surface area contributed by atoms with Gasteiger partial charge in [-0.15, -0.1) is 0 Å². The van der Waals surface area contributed by atoms with Crippen molar-refractivity contribution in [1.82, 2.24) is 5.32 Å². The number of amides is 1. The zero-order valence-corrected chi connectivity index (χ0v) is 9.50. The van der Waals surface area contributed by atoms with E-state index in [1.165, 1.54) is 12.1 Å². The number of phenolic OH excluding ortho intramolecular Hbond substituents is 1. The first kappa shape index (κ1) is 12.9. The van der Waals surface area contributed by atoms with E-state index < -0.39 is 12.1 Å². The van der Waals surface area contributed by atoms with Crippen molar-refractivity contribution in [3.63, 3.8) is 0 Å². The Bertz CT molecular complexity index is 441. The normalized spacial score (nSPS) is 11.4. The molecule has 1 rings (SSSR count). The molecule has 1 aromatic rings. The van der Waals surface area contributed by atoms with Crippen LogP contribution in [0.2, 0.25) is 0 Å². The van der Waals surface area contributed by atoms with Gasteiger partial charge in [-0.3, -0.25) is 4.79 Å². The standard InChI is InChI=1S/C11H14N4O2/c1-2-5-10(14-15-12)13-11(17)8-6-3-4-7-9(8)16/h3-4,6-7,10,16H,2,5H2,1H3,(H,13,17). The second kappa shape index (κ2) is 6.40. The monoisotopic (exact) mass is 234 g/mol. The lowest BCUT2D eigenvalue weighted by molar-refractivity contribution is 0.0933. The van der Waals surface area contributed by atoms with E-state index in [9.17, 15) is 9.90 Å². The molecule has 1 amide bonds. The maximum atomic E-state index is 11.8. The largest absolute Gasteiger partial charge is 0.507 e. The quantitative estimate of drug-likeness (QED) is 0.465. The first-order valence-corrected chi connectivity index (χ1v) is 5.32. The van der Waals surface area contributed by atoms with Gasteiger partial charge in [0.25, 0.3) is 5.91 Å². The fourth-order valence-corrected chi connectivity index (χ4v) is 1.39. The molecule has 1 unspecified atom stereocenters. The van der Waals surface area contributed by atoms with Crippen LogP contribution in [-0.4, -0.2) is 17.2 Å². The van der Waals surface area contributed by atoms with Gasteiger partial charge in [0.2, 0.25) is 0 Å². The summed E-state index contributed by atoms with van der Waals surface area (Å²) >= 11 is 0. The molecular weight excluding hydrogens is 220 g/mol. The number of carbonyl (C=O) groups is 1. The van der Waals surface area contributed by atoms with Gasteiger partial charge in [-0.25, -0.2) is 0 Å². The average molecular weight is 234 g/mol. The second-order valence-electron chi connectivity index (χ2n) is 3.50. The van der Waals surface area contributed by atoms with Crippen LogP contribution in [0.1, 0.15) is 30.1 Å². The molecule has 0 spiro atoms. The van der Waals surface area contributed by atoms with Crippen LogP contribution >= 0.6 is 0 Å². The predicted octanol–water partition coefficient (Wildman–Crippen LogP) is 2.56. The second-order valence-corrected chi connectivity index (χ2v) is 3.50. The molecule has 1 atom stereocenters. The van der Waals surface area contributed by atoms with Crippen molar-refractivity contribution < 1.29 is 9.90 Å². The summed E-state index contributed by atoms with van der Waals surface area (Å²) in [6.45, 7) is 1.92. The minimum Gasteiger partial charge on any atom is -0.507 e. The number of carbonyl (C=O) groups excluding carboxylic acids is 1. The van der Waals surface area contributed by atoms with E-state index in [1.807, 2.05) is 6.92 Å². The van der Waals surface area contributed by atoms with E-state index >= 15 is 0 Å². The number of phenols is 1. The third-order valence-electron chi connectivity index (χ3n) is 2.20. The van der Waals surface area contributed by atoms with Crippen molar-refractivity contribution in [2.45, 2.75) is 25.9 Å². The SMILES string of the molecule is CCCC(N=[N+]=[N-])NC(=O)c1ccccc1O. The van der Waals surface area contributed by atoms with E-state index in [2.05, 4.69) is 15.3 Å². The molecule has 1 aromatic carbocycles. The molecule has 0 aliphatic rings. The maximum Gasteiger partial charge on any atom is 0.255 e. The Morgan fingerprint density at radius 3 is 2.88 bits per heavy atom. The smallest absolute Gasteiger partial charge is 0.255 e. The molecule has 0 bridgehead atoms. The van der Waals surface area contributed by atoms with E-state index in [4.69, 9.17) is 5.53 Å². The molecule has 0 aromatic heterocycles. The third kappa shape index (κ3) is 3.70. The summed E-state index contributed by atoms with van der Waals surface area (Å²) in [4.78, 5) is 14.4. The summed E-state index contributed by atoms with van der Waals surface area (Å²) in [5, 5.41) is 15.5. The van der Waals surface area contributed by atoms with E-state index in [0.29, 0.717) is 6.42 Å². The van der Waals surface area contributed by atoms with Gasteiger partial charge in [-0.05, 0) is 24.1 Å². The predicted molar refractivity (Wildman–Crippen MR) is 63.4 cm³/mol. The van der Waals surface area contributed by atoms with Crippen molar-refractivity contribution in [2.75, 3.05) is 0 Å². The van der Waals surface area contributed by atoms with Crippen molar-refractivity contribution in [3.05, 3.63) is 40.3 Å². The summed E-state index contributed by atoms with van der Waals surface area (Å²) in [5.74, 6) is -0.546. The maximum absolute atomic E-state index is 11.8. The van der Waals surface area contributed by atoms with Crippen LogP contribution in [0.5, 0.6) is 5.75 Å². The Balaban J connectivity index is 2.77. The van der Waals surface area contributed by atoms with Gasteiger partial charge in [0, 0.05) is 4.91 Å². The number of aromatic hydroxyl groups is 1. The molecule has 2 N–H and O–H groups in total. The van der Waals surface area contributed by atoms with Crippen LogP contribution < -0.4 is 5.32 Å². The van der Waals surface area contributed by atoms with Crippen molar-refractivity contribution >= 4 is 5.91 Å². The Hall–Kier alpha value is -2.20. The minimum atomic E-state index is -0.586. The van der Waals surface area contributed by atoms with Crippen LogP contribution in [0.3, 0.4) is 0 Å². The van der Waals surface area contributed by atoms with E-state index in [-0.39, 0.29) is 11.3 Å². The van der Waals surface area contributed by atoms with Gasteiger partial charge in [0.1, 0.15) is 11.9 Å². The van der Waals surface area contributed by atoms with Gasteiger partial charge in [-0.2, -0.15) is 0 Å². The Morgan fingerprint density at radius 1 is 1.59 bits per heavy atom. The number of nitrogens with one attached hydrogen (secondary N) is 1. The van der Waals surface area contributed by atoms with Crippen molar-refractivity contribution in [2.24, 2.45) is 5.11 Å². The average Bonchev–Trinajstić information content (AvgIpc) is 2.30. The van der Waals surface area contributed by atoms with Crippen LogP contribution in [0.4, 0.5) is 0 Å². The zero-order chi connectivity index (χ0) is 12.7. The van der Waals surface area contributed by atoms with Crippen molar-refractivity contribution in [3.8, 4) is 5.75 Å². The molecule has 0 aliphatic carbocycles. The van der Waals surface area contributed by atoms with E-state index in [0.717, 1.165) is 6.42 Å².